The Hall–Kier alpha value is -0.120. The van der Waals surface area contributed by atoms with Crippen molar-refractivity contribution < 1.29 is 4.76 Å². The Bertz CT molecular complexity index is 55.2. The van der Waals surface area contributed by atoms with Gasteiger partial charge in [-0.2, -0.15) is 5.01 Å². The second-order valence-electron chi connectivity index (χ2n) is 2.14. The third-order valence-electron chi connectivity index (χ3n) is 0.963. The maximum atomic E-state index is 10.7. The number of hydroxylamine groups is 2. The molecule has 0 saturated carbocycles. The van der Waals surface area contributed by atoms with Crippen LogP contribution in [0.25, 0.3) is 0 Å². The molecule has 0 rings (SSSR count). The van der Waals surface area contributed by atoms with E-state index in [4.69, 9.17) is 0 Å². The van der Waals surface area contributed by atoms with Crippen LogP contribution in [0.2, 0.25) is 0 Å². The minimum Gasteiger partial charge on any atom is -0.612 e. The van der Waals surface area contributed by atoms with Crippen LogP contribution in [0.5, 0.6) is 0 Å². The summed E-state index contributed by atoms with van der Waals surface area (Å²) < 4.78 is -0.361. The average Bonchev–Trinajstić information content (AvgIpc) is 1.31. The minimum atomic E-state index is -0.361. The molecular formula is C4H12N2O. The SMILES string of the molecule is CN(C)[N+](C)(C)[O-]. The van der Waals surface area contributed by atoms with Gasteiger partial charge in [-0.05, 0) is 0 Å². The molecule has 0 heterocycles. The van der Waals surface area contributed by atoms with Gasteiger partial charge in [0.2, 0.25) is 0 Å². The summed E-state index contributed by atoms with van der Waals surface area (Å²) in [6.45, 7) is 0. The normalized spacial score (nSPS) is 12.9. The summed E-state index contributed by atoms with van der Waals surface area (Å²) in [5.74, 6) is 0. The molecule has 0 atom stereocenters. The van der Waals surface area contributed by atoms with E-state index in [-0.39, 0.29) is 4.76 Å². The molecule has 0 aliphatic heterocycles. The van der Waals surface area contributed by atoms with Gasteiger partial charge in [0.05, 0.1) is 14.1 Å². The molecule has 0 spiro atoms. The summed E-state index contributed by atoms with van der Waals surface area (Å²) >= 11 is 0. The highest BCUT2D eigenvalue weighted by atomic mass is 16.6. The summed E-state index contributed by atoms with van der Waals surface area (Å²) in [5, 5.41) is 12.2. The lowest BCUT2D eigenvalue weighted by Gasteiger charge is -2.38. The molecule has 0 aliphatic rings. The van der Waals surface area contributed by atoms with Gasteiger partial charge in [-0.3, -0.25) is 4.76 Å². The van der Waals surface area contributed by atoms with Crippen molar-refractivity contribution in [3.8, 4) is 0 Å². The predicted octanol–water partition coefficient (Wildman–Crippen LogP) is 0.0372. The van der Waals surface area contributed by atoms with Crippen LogP contribution < -0.4 is 0 Å². The Morgan fingerprint density at radius 3 is 1.43 bits per heavy atom. The first kappa shape index (κ1) is 6.88. The fourth-order valence-electron chi connectivity index (χ4n) is 0. The third kappa shape index (κ3) is 2.56. The highest BCUT2D eigenvalue weighted by Crippen LogP contribution is 1.92. The molecule has 0 unspecified atom stereocenters. The number of rotatable bonds is 1. The largest absolute Gasteiger partial charge is 0.612 e. The van der Waals surface area contributed by atoms with Gasteiger partial charge in [0.15, 0.2) is 0 Å². The molecular weight excluding hydrogens is 92.1 g/mol. The maximum Gasteiger partial charge on any atom is 0.0855 e. The monoisotopic (exact) mass is 104 g/mol. The van der Waals surface area contributed by atoms with Crippen molar-refractivity contribution in [3.05, 3.63) is 5.21 Å². The van der Waals surface area contributed by atoms with E-state index in [1.807, 2.05) is 0 Å². The van der Waals surface area contributed by atoms with Crippen LogP contribution in [0.1, 0.15) is 0 Å². The van der Waals surface area contributed by atoms with Gasteiger partial charge < -0.3 is 5.21 Å². The van der Waals surface area contributed by atoms with Crippen LogP contribution in [-0.2, 0) is 0 Å². The summed E-state index contributed by atoms with van der Waals surface area (Å²) in [4.78, 5) is 0. The zero-order valence-corrected chi connectivity index (χ0v) is 5.30. The fraction of sp³-hybridized carbons (Fsp3) is 1.00. The Balaban J connectivity index is 3.54. The van der Waals surface area contributed by atoms with Crippen molar-refractivity contribution in [1.82, 2.24) is 5.01 Å². The number of quaternary nitrogens is 1. The average molecular weight is 104 g/mol. The molecule has 0 aromatic heterocycles. The first-order chi connectivity index (χ1) is 2.94. The molecule has 0 fully saturated rings. The van der Waals surface area contributed by atoms with Crippen LogP contribution >= 0.6 is 0 Å². The van der Waals surface area contributed by atoms with Gasteiger partial charge in [-0.1, -0.05) is 0 Å². The van der Waals surface area contributed by atoms with Gasteiger partial charge >= 0.3 is 0 Å². The van der Waals surface area contributed by atoms with Crippen LogP contribution in [0.4, 0.5) is 0 Å². The van der Waals surface area contributed by atoms with Gasteiger partial charge in [0.25, 0.3) is 0 Å². The standard InChI is InChI=1S/C4H12N2O/c1-5(2)6(3,4)7/h1-4H3. The number of nitrogens with zero attached hydrogens (tertiary/aromatic N) is 2. The molecule has 0 bridgehead atoms. The Labute approximate surface area is 44.3 Å². The first-order valence-electron chi connectivity index (χ1n) is 2.17. The second kappa shape index (κ2) is 1.78. The van der Waals surface area contributed by atoms with Crippen LogP contribution in [0, 0.1) is 5.21 Å². The van der Waals surface area contributed by atoms with Crippen molar-refractivity contribution in [3.63, 3.8) is 0 Å². The topological polar surface area (TPSA) is 26.3 Å². The number of hydrogen-bond acceptors (Lipinski definition) is 2. The Kier molecular flexibility index (Phi) is 1.75. The molecule has 44 valence electrons. The molecule has 0 N–H and O–H groups in total. The molecule has 0 aliphatic carbocycles. The van der Waals surface area contributed by atoms with Crippen LogP contribution in [0.15, 0.2) is 0 Å². The van der Waals surface area contributed by atoms with Crippen molar-refractivity contribution in [1.29, 1.82) is 0 Å². The number of hydrogen-bond donors (Lipinski definition) is 0. The zero-order chi connectivity index (χ0) is 6.08. The molecule has 0 aromatic rings. The van der Waals surface area contributed by atoms with Crippen molar-refractivity contribution in [2.75, 3.05) is 28.2 Å². The predicted molar refractivity (Wildman–Crippen MR) is 29.2 cm³/mol. The summed E-state index contributed by atoms with van der Waals surface area (Å²) in [7, 11) is 6.62. The smallest absolute Gasteiger partial charge is 0.0855 e. The Morgan fingerprint density at radius 1 is 1.29 bits per heavy atom. The van der Waals surface area contributed by atoms with Gasteiger partial charge in [0, 0.05) is 14.1 Å². The lowest BCUT2D eigenvalue weighted by atomic mass is 11.0. The lowest BCUT2D eigenvalue weighted by molar-refractivity contribution is -0.953. The second-order valence-corrected chi connectivity index (χ2v) is 2.14. The van der Waals surface area contributed by atoms with Crippen LogP contribution in [-0.4, -0.2) is 38.0 Å². The van der Waals surface area contributed by atoms with E-state index >= 15 is 0 Å². The van der Waals surface area contributed by atoms with Gasteiger partial charge in [0.1, 0.15) is 0 Å². The summed E-state index contributed by atoms with van der Waals surface area (Å²) in [6, 6.07) is 0. The zero-order valence-electron chi connectivity index (χ0n) is 5.30. The molecule has 0 radical (unpaired) electrons. The van der Waals surface area contributed by atoms with E-state index in [0.717, 1.165) is 0 Å². The molecule has 0 aromatic carbocycles. The van der Waals surface area contributed by atoms with E-state index in [1.165, 1.54) is 0 Å². The highest BCUT2D eigenvalue weighted by Gasteiger charge is 2.01. The fourth-order valence-corrected chi connectivity index (χ4v) is 0. The summed E-state index contributed by atoms with van der Waals surface area (Å²) in [5.41, 5.74) is 0. The minimum absolute atomic E-state index is 0.361. The van der Waals surface area contributed by atoms with E-state index < -0.39 is 0 Å². The first-order valence-corrected chi connectivity index (χ1v) is 2.17. The van der Waals surface area contributed by atoms with Gasteiger partial charge in [-0.25, -0.2) is 0 Å². The van der Waals surface area contributed by atoms with E-state index in [9.17, 15) is 5.21 Å². The molecule has 3 heteroatoms. The van der Waals surface area contributed by atoms with Crippen molar-refractivity contribution in [2.45, 2.75) is 0 Å². The molecule has 0 saturated heterocycles. The van der Waals surface area contributed by atoms with E-state index in [2.05, 4.69) is 0 Å². The lowest BCUT2D eigenvalue weighted by Crippen LogP contribution is -2.44. The third-order valence-corrected chi connectivity index (χ3v) is 0.963. The van der Waals surface area contributed by atoms with E-state index in [1.54, 1.807) is 33.2 Å². The molecule has 0 amide bonds. The van der Waals surface area contributed by atoms with Gasteiger partial charge in [-0.15, -0.1) is 0 Å². The highest BCUT2D eigenvalue weighted by molar-refractivity contribution is 4.15. The molecule has 3 nitrogen and oxygen atoms in total. The van der Waals surface area contributed by atoms with E-state index in [0.29, 0.717) is 0 Å². The molecule has 7 heavy (non-hydrogen) atoms. The summed E-state index contributed by atoms with van der Waals surface area (Å²) in [6.07, 6.45) is 0. The van der Waals surface area contributed by atoms with Crippen molar-refractivity contribution in [2.24, 2.45) is 0 Å². The Morgan fingerprint density at radius 2 is 1.43 bits per heavy atom. The van der Waals surface area contributed by atoms with Crippen LogP contribution in [0.3, 0.4) is 0 Å². The van der Waals surface area contributed by atoms with Crippen molar-refractivity contribution >= 4 is 0 Å². The quantitative estimate of drug-likeness (QED) is 0.347. The maximum absolute atomic E-state index is 10.7.